The molecule has 1 aliphatic heterocycles. The van der Waals surface area contributed by atoms with Crippen molar-refractivity contribution in [1.82, 2.24) is 4.90 Å². The molecule has 0 saturated carbocycles. The van der Waals surface area contributed by atoms with Gasteiger partial charge in [0.2, 0.25) is 0 Å². The largest absolute Gasteiger partial charge is 0.393 e. The van der Waals surface area contributed by atoms with Gasteiger partial charge in [0.15, 0.2) is 0 Å². The van der Waals surface area contributed by atoms with Crippen LogP contribution in [0, 0.1) is 0 Å². The standard InChI is InChI=1S/C14H20N2O3/c1-10(17)11-3-2-4-12(9-11)15-14(19)16-7-5-13(18)6-8-16/h2-4,9-10,13,17-18H,5-8H2,1H3,(H,15,19). The van der Waals surface area contributed by atoms with E-state index in [0.29, 0.717) is 31.6 Å². The zero-order chi connectivity index (χ0) is 13.8. The van der Waals surface area contributed by atoms with Gasteiger partial charge in [0.05, 0.1) is 12.2 Å². The van der Waals surface area contributed by atoms with Crippen molar-refractivity contribution in [3.8, 4) is 0 Å². The van der Waals surface area contributed by atoms with Gasteiger partial charge >= 0.3 is 6.03 Å². The van der Waals surface area contributed by atoms with Gasteiger partial charge in [-0.1, -0.05) is 12.1 Å². The quantitative estimate of drug-likeness (QED) is 0.761. The molecule has 2 amide bonds. The van der Waals surface area contributed by atoms with E-state index in [1.807, 2.05) is 6.07 Å². The number of hydrogen-bond donors (Lipinski definition) is 3. The van der Waals surface area contributed by atoms with Crippen LogP contribution in [0.25, 0.3) is 0 Å². The molecule has 104 valence electrons. The first-order valence-electron chi connectivity index (χ1n) is 6.58. The second-order valence-electron chi connectivity index (χ2n) is 4.95. The van der Waals surface area contributed by atoms with Crippen LogP contribution in [-0.4, -0.2) is 40.3 Å². The van der Waals surface area contributed by atoms with Crippen LogP contribution in [0.15, 0.2) is 24.3 Å². The fourth-order valence-electron chi connectivity index (χ4n) is 2.15. The summed E-state index contributed by atoms with van der Waals surface area (Å²) in [7, 11) is 0. The molecule has 1 unspecified atom stereocenters. The fourth-order valence-corrected chi connectivity index (χ4v) is 2.15. The van der Waals surface area contributed by atoms with E-state index in [2.05, 4.69) is 5.32 Å². The number of urea groups is 1. The van der Waals surface area contributed by atoms with Gasteiger partial charge in [-0.05, 0) is 37.5 Å². The molecule has 1 heterocycles. The molecule has 1 aromatic rings. The third-order valence-electron chi connectivity index (χ3n) is 3.37. The molecule has 19 heavy (non-hydrogen) atoms. The van der Waals surface area contributed by atoms with Gasteiger partial charge in [0, 0.05) is 18.8 Å². The molecule has 0 spiro atoms. The highest BCUT2D eigenvalue weighted by Gasteiger charge is 2.21. The summed E-state index contributed by atoms with van der Waals surface area (Å²) >= 11 is 0. The van der Waals surface area contributed by atoms with Crippen LogP contribution in [0.3, 0.4) is 0 Å². The molecule has 1 saturated heterocycles. The molecule has 0 bridgehead atoms. The number of nitrogens with one attached hydrogen (secondary N) is 1. The SMILES string of the molecule is CC(O)c1cccc(NC(=O)N2CCC(O)CC2)c1. The zero-order valence-electron chi connectivity index (χ0n) is 11.0. The fraction of sp³-hybridized carbons (Fsp3) is 0.500. The Kier molecular flexibility index (Phi) is 4.39. The molecule has 0 aliphatic carbocycles. The Bertz CT molecular complexity index is 440. The normalized spacial score (nSPS) is 18.2. The van der Waals surface area contributed by atoms with Crippen LogP contribution in [0.5, 0.6) is 0 Å². The van der Waals surface area contributed by atoms with Crippen LogP contribution in [0.2, 0.25) is 0 Å². The van der Waals surface area contributed by atoms with Crippen molar-refractivity contribution < 1.29 is 15.0 Å². The Morgan fingerprint density at radius 2 is 2.11 bits per heavy atom. The molecule has 0 radical (unpaired) electrons. The molecular formula is C14H20N2O3. The molecule has 1 fully saturated rings. The number of carbonyl (C=O) groups is 1. The molecule has 1 atom stereocenters. The summed E-state index contributed by atoms with van der Waals surface area (Å²) in [6.07, 6.45) is 0.409. The van der Waals surface area contributed by atoms with Crippen molar-refractivity contribution >= 4 is 11.7 Å². The van der Waals surface area contributed by atoms with Crippen molar-refractivity contribution in [3.63, 3.8) is 0 Å². The van der Waals surface area contributed by atoms with E-state index in [1.54, 1.807) is 30.0 Å². The van der Waals surface area contributed by atoms with Crippen LogP contribution >= 0.6 is 0 Å². The van der Waals surface area contributed by atoms with Gasteiger partial charge in [0.1, 0.15) is 0 Å². The lowest BCUT2D eigenvalue weighted by molar-refractivity contribution is 0.0972. The number of carbonyl (C=O) groups excluding carboxylic acids is 1. The molecule has 5 heteroatoms. The van der Waals surface area contributed by atoms with Crippen LogP contribution in [0.1, 0.15) is 31.4 Å². The minimum Gasteiger partial charge on any atom is -0.393 e. The van der Waals surface area contributed by atoms with Gasteiger partial charge in [-0.25, -0.2) is 4.79 Å². The monoisotopic (exact) mass is 264 g/mol. The number of hydrogen-bond acceptors (Lipinski definition) is 3. The van der Waals surface area contributed by atoms with E-state index < -0.39 is 6.10 Å². The number of aliphatic hydroxyl groups is 2. The van der Waals surface area contributed by atoms with Crippen molar-refractivity contribution in [2.75, 3.05) is 18.4 Å². The van der Waals surface area contributed by atoms with Gasteiger partial charge in [-0.2, -0.15) is 0 Å². The maximum absolute atomic E-state index is 12.0. The van der Waals surface area contributed by atoms with Crippen LogP contribution in [-0.2, 0) is 0 Å². The van der Waals surface area contributed by atoms with Gasteiger partial charge in [0.25, 0.3) is 0 Å². The first-order chi connectivity index (χ1) is 9.06. The lowest BCUT2D eigenvalue weighted by Gasteiger charge is -2.29. The predicted molar refractivity (Wildman–Crippen MR) is 72.9 cm³/mol. The van der Waals surface area contributed by atoms with Crippen LogP contribution in [0.4, 0.5) is 10.5 Å². The maximum atomic E-state index is 12.0. The minimum absolute atomic E-state index is 0.158. The van der Waals surface area contributed by atoms with E-state index >= 15 is 0 Å². The highest BCUT2D eigenvalue weighted by molar-refractivity contribution is 5.89. The number of amides is 2. The van der Waals surface area contributed by atoms with Crippen molar-refractivity contribution in [2.45, 2.75) is 32.0 Å². The van der Waals surface area contributed by atoms with Crippen molar-refractivity contribution in [2.24, 2.45) is 0 Å². The summed E-state index contributed by atoms with van der Waals surface area (Å²) in [4.78, 5) is 13.7. The van der Waals surface area contributed by atoms with E-state index in [-0.39, 0.29) is 12.1 Å². The number of nitrogens with zero attached hydrogens (tertiary/aromatic N) is 1. The number of benzene rings is 1. The number of piperidine rings is 1. The Morgan fingerprint density at radius 3 is 2.74 bits per heavy atom. The summed E-state index contributed by atoms with van der Waals surface area (Å²) in [5, 5.41) is 21.7. The second-order valence-corrected chi connectivity index (χ2v) is 4.95. The van der Waals surface area contributed by atoms with Crippen molar-refractivity contribution in [1.29, 1.82) is 0 Å². The molecular weight excluding hydrogens is 244 g/mol. The van der Waals surface area contributed by atoms with Crippen LogP contribution < -0.4 is 5.32 Å². The third kappa shape index (κ3) is 3.68. The van der Waals surface area contributed by atoms with E-state index in [4.69, 9.17) is 0 Å². The molecule has 5 nitrogen and oxygen atoms in total. The maximum Gasteiger partial charge on any atom is 0.321 e. The average Bonchev–Trinajstić information content (AvgIpc) is 2.39. The Balaban J connectivity index is 1.97. The summed E-state index contributed by atoms with van der Waals surface area (Å²) in [5.41, 5.74) is 1.45. The van der Waals surface area contributed by atoms with E-state index in [9.17, 15) is 15.0 Å². The lowest BCUT2D eigenvalue weighted by atomic mass is 10.1. The zero-order valence-corrected chi connectivity index (χ0v) is 11.0. The Hall–Kier alpha value is -1.59. The first-order valence-corrected chi connectivity index (χ1v) is 6.58. The molecule has 0 aromatic heterocycles. The highest BCUT2D eigenvalue weighted by Crippen LogP contribution is 2.18. The Morgan fingerprint density at radius 1 is 1.42 bits per heavy atom. The second kappa shape index (κ2) is 6.04. The summed E-state index contributed by atoms with van der Waals surface area (Å²) in [6, 6.07) is 7.02. The summed E-state index contributed by atoms with van der Waals surface area (Å²) < 4.78 is 0. The topological polar surface area (TPSA) is 72.8 Å². The van der Waals surface area contributed by atoms with E-state index in [0.717, 1.165) is 5.56 Å². The Labute approximate surface area is 112 Å². The van der Waals surface area contributed by atoms with Crippen molar-refractivity contribution in [3.05, 3.63) is 29.8 Å². The molecule has 1 aromatic carbocycles. The van der Waals surface area contributed by atoms with E-state index in [1.165, 1.54) is 0 Å². The third-order valence-corrected chi connectivity index (χ3v) is 3.37. The molecule has 2 rings (SSSR count). The minimum atomic E-state index is -0.554. The summed E-state index contributed by atoms with van der Waals surface area (Å²) in [5.74, 6) is 0. The average molecular weight is 264 g/mol. The summed E-state index contributed by atoms with van der Waals surface area (Å²) in [6.45, 7) is 2.83. The number of rotatable bonds is 2. The van der Waals surface area contributed by atoms with Gasteiger partial charge < -0.3 is 20.4 Å². The van der Waals surface area contributed by atoms with Gasteiger partial charge in [-0.3, -0.25) is 0 Å². The number of likely N-dealkylation sites (tertiary alicyclic amines) is 1. The first kappa shape index (κ1) is 13.8. The van der Waals surface area contributed by atoms with Gasteiger partial charge in [-0.15, -0.1) is 0 Å². The number of anilines is 1. The lowest BCUT2D eigenvalue weighted by Crippen LogP contribution is -2.42. The molecule has 1 aliphatic rings. The number of aliphatic hydroxyl groups excluding tert-OH is 2. The molecule has 3 N–H and O–H groups in total. The highest BCUT2D eigenvalue weighted by atomic mass is 16.3. The smallest absolute Gasteiger partial charge is 0.321 e. The predicted octanol–water partition coefficient (Wildman–Crippen LogP) is 1.73.